The minimum Gasteiger partial charge on any atom is -0.293 e. The predicted molar refractivity (Wildman–Crippen MR) is 150 cm³/mol. The highest BCUT2D eigenvalue weighted by Gasteiger charge is 2.29. The summed E-state index contributed by atoms with van der Waals surface area (Å²) in [5.74, 6) is 0.0898. The fourth-order valence-corrected chi connectivity index (χ4v) is 6.72. The monoisotopic (exact) mass is 552 g/mol. The normalized spacial score (nSPS) is 16.7. The van der Waals surface area contributed by atoms with E-state index in [9.17, 15) is 4.79 Å². The predicted octanol–water partition coefficient (Wildman–Crippen LogP) is 9.06. The molecule has 1 aliphatic rings. The molecule has 3 heteroatoms. The van der Waals surface area contributed by atoms with E-state index in [0.717, 1.165) is 21.9 Å². The largest absolute Gasteiger partial charge is 0.293 e. The fourth-order valence-electron chi connectivity index (χ4n) is 6.00. The molecule has 8 rings (SSSR count). The molecular formula is C30H14ClIO. The average Bonchev–Trinajstić information content (AvgIpc) is 2.84. The third-order valence-electron chi connectivity index (χ3n) is 7.39. The van der Waals surface area contributed by atoms with Gasteiger partial charge in [0.25, 0.3) is 0 Å². The van der Waals surface area contributed by atoms with Crippen LogP contribution < -0.4 is 0 Å². The van der Waals surface area contributed by atoms with Gasteiger partial charge in [0, 0.05) is 10.6 Å². The standard InChI is InChI=1S/C30H14ClIO/c31-24-13-20-22-11-18-7-5-15-9-14-3-1-2-4-19(14)21-10-17-8-6-16(12-23(20)30(33)29(24)32)26(22)28(17)27(18)25(15)21/h1-13,29H. The molecule has 0 saturated heterocycles. The van der Waals surface area contributed by atoms with E-state index in [4.69, 9.17) is 11.6 Å². The van der Waals surface area contributed by atoms with Gasteiger partial charge in [0.1, 0.15) is 3.92 Å². The Bertz CT molecular complexity index is 2020. The van der Waals surface area contributed by atoms with Crippen LogP contribution in [0, 0.1) is 0 Å². The lowest BCUT2D eigenvalue weighted by atomic mass is 9.82. The third-order valence-corrected chi connectivity index (χ3v) is 9.32. The summed E-state index contributed by atoms with van der Waals surface area (Å²) in [6.45, 7) is 0. The summed E-state index contributed by atoms with van der Waals surface area (Å²) in [4.78, 5) is 13.1. The van der Waals surface area contributed by atoms with Crippen molar-refractivity contribution in [2.24, 2.45) is 0 Å². The maximum Gasteiger partial charge on any atom is 0.181 e. The second-order valence-corrected chi connectivity index (χ2v) is 10.7. The van der Waals surface area contributed by atoms with Crippen LogP contribution in [-0.4, -0.2) is 9.71 Å². The summed E-state index contributed by atoms with van der Waals surface area (Å²) < 4.78 is -0.317. The molecule has 1 unspecified atom stereocenters. The number of carbonyl (C=O) groups is 1. The van der Waals surface area contributed by atoms with E-state index in [-0.39, 0.29) is 9.71 Å². The first-order valence-electron chi connectivity index (χ1n) is 11.0. The van der Waals surface area contributed by atoms with E-state index >= 15 is 0 Å². The van der Waals surface area contributed by atoms with Crippen LogP contribution in [0.4, 0.5) is 0 Å². The van der Waals surface area contributed by atoms with Gasteiger partial charge in [-0.1, -0.05) is 82.7 Å². The fraction of sp³-hybridized carbons (Fsp3) is 0.0333. The van der Waals surface area contributed by atoms with Gasteiger partial charge >= 0.3 is 0 Å². The van der Waals surface area contributed by atoms with E-state index < -0.39 is 0 Å². The molecule has 0 fully saturated rings. The minimum absolute atomic E-state index is 0.0898. The Morgan fingerprint density at radius 1 is 0.636 bits per heavy atom. The highest BCUT2D eigenvalue weighted by Crippen LogP contribution is 2.47. The lowest BCUT2D eigenvalue weighted by Gasteiger charge is -2.23. The lowest BCUT2D eigenvalue weighted by Crippen LogP contribution is -2.19. The smallest absolute Gasteiger partial charge is 0.181 e. The molecule has 0 aromatic heterocycles. The summed E-state index contributed by atoms with van der Waals surface area (Å²) in [5, 5.41) is 15.5. The van der Waals surface area contributed by atoms with E-state index in [1.54, 1.807) is 0 Å². The topological polar surface area (TPSA) is 17.1 Å². The Morgan fingerprint density at radius 3 is 2.00 bits per heavy atom. The van der Waals surface area contributed by atoms with Gasteiger partial charge in [-0.15, -0.1) is 0 Å². The molecule has 0 spiro atoms. The molecule has 7 aromatic carbocycles. The number of halogens is 2. The molecule has 0 bridgehead atoms. The SMILES string of the molecule is O=C1c2cc3ccc4cc5c6ccccc6cc6ccc7cc(c2C=C(Cl)C1I)c3c4c7c65. The number of fused-ring (bicyclic) bond motifs is 4. The van der Waals surface area contributed by atoms with Gasteiger partial charge in [-0.3, -0.25) is 4.79 Å². The molecule has 0 aliphatic heterocycles. The van der Waals surface area contributed by atoms with Gasteiger partial charge in [-0.2, -0.15) is 0 Å². The van der Waals surface area contributed by atoms with Crippen LogP contribution in [0.1, 0.15) is 15.9 Å². The first-order valence-corrected chi connectivity index (χ1v) is 12.6. The number of rotatable bonds is 0. The Morgan fingerprint density at radius 2 is 1.24 bits per heavy atom. The van der Waals surface area contributed by atoms with Gasteiger partial charge in [-0.05, 0) is 101 Å². The van der Waals surface area contributed by atoms with E-state index in [0.29, 0.717) is 5.03 Å². The van der Waals surface area contributed by atoms with Crippen LogP contribution in [-0.2, 0) is 0 Å². The summed E-state index contributed by atoms with van der Waals surface area (Å²) in [6, 6.07) is 26.5. The molecule has 33 heavy (non-hydrogen) atoms. The molecule has 1 aliphatic carbocycles. The number of hydrogen-bond donors (Lipinski definition) is 0. The van der Waals surface area contributed by atoms with Gasteiger partial charge in [0.15, 0.2) is 5.78 Å². The zero-order chi connectivity index (χ0) is 22.0. The number of Topliss-reactive ketones (excluding diaryl/α,β-unsaturated/α-hetero) is 1. The molecule has 0 amide bonds. The molecule has 0 saturated carbocycles. The van der Waals surface area contributed by atoms with Gasteiger partial charge in [0.05, 0.1) is 0 Å². The van der Waals surface area contributed by atoms with Crippen molar-refractivity contribution in [1.29, 1.82) is 0 Å². The van der Waals surface area contributed by atoms with Crippen LogP contribution in [0.3, 0.4) is 0 Å². The Labute approximate surface area is 207 Å². The third kappa shape index (κ3) is 2.21. The maximum absolute atomic E-state index is 13.1. The van der Waals surface area contributed by atoms with Crippen LogP contribution in [0.5, 0.6) is 0 Å². The van der Waals surface area contributed by atoms with Crippen molar-refractivity contribution >= 4 is 111 Å². The summed E-state index contributed by atoms with van der Waals surface area (Å²) in [5.41, 5.74) is 1.72. The average molecular weight is 553 g/mol. The van der Waals surface area contributed by atoms with Crippen molar-refractivity contribution in [2.45, 2.75) is 3.92 Å². The zero-order valence-corrected chi connectivity index (χ0v) is 20.2. The Balaban J connectivity index is 1.68. The van der Waals surface area contributed by atoms with E-state index in [1.807, 2.05) is 6.08 Å². The minimum atomic E-state index is -0.317. The number of carbonyl (C=O) groups excluding carboxylic acids is 1. The molecule has 0 N–H and O–H groups in total. The number of hydrogen-bond acceptors (Lipinski definition) is 1. The van der Waals surface area contributed by atoms with E-state index in [1.165, 1.54) is 53.9 Å². The summed E-state index contributed by atoms with van der Waals surface area (Å²) >= 11 is 8.65. The van der Waals surface area contributed by atoms with Crippen molar-refractivity contribution in [1.82, 2.24) is 0 Å². The summed E-state index contributed by atoms with van der Waals surface area (Å²) in [6.07, 6.45) is 2.00. The van der Waals surface area contributed by atoms with Gasteiger partial charge in [0.2, 0.25) is 0 Å². The van der Waals surface area contributed by atoms with Crippen molar-refractivity contribution in [2.75, 3.05) is 0 Å². The lowest BCUT2D eigenvalue weighted by molar-refractivity contribution is 0.100. The zero-order valence-electron chi connectivity index (χ0n) is 17.2. The number of allylic oxidation sites excluding steroid dienone is 1. The van der Waals surface area contributed by atoms with Gasteiger partial charge < -0.3 is 0 Å². The van der Waals surface area contributed by atoms with Crippen molar-refractivity contribution in [3.8, 4) is 0 Å². The maximum atomic E-state index is 13.1. The van der Waals surface area contributed by atoms with Gasteiger partial charge in [-0.25, -0.2) is 0 Å². The molecule has 1 atom stereocenters. The molecule has 1 nitrogen and oxygen atoms in total. The Hall–Kier alpha value is -2.95. The summed E-state index contributed by atoms with van der Waals surface area (Å²) in [7, 11) is 0. The second kappa shape index (κ2) is 6.13. The first kappa shape index (κ1) is 18.5. The highest BCUT2D eigenvalue weighted by molar-refractivity contribution is 14.1. The quantitative estimate of drug-likeness (QED) is 0.0794. The number of benzene rings is 7. The molecule has 7 aromatic rings. The van der Waals surface area contributed by atoms with Crippen LogP contribution in [0.25, 0.3) is 70.7 Å². The molecule has 0 radical (unpaired) electrons. The van der Waals surface area contributed by atoms with E-state index in [2.05, 4.69) is 95.4 Å². The van der Waals surface area contributed by atoms with Crippen LogP contribution in [0.15, 0.2) is 77.8 Å². The highest BCUT2D eigenvalue weighted by atomic mass is 127. The van der Waals surface area contributed by atoms with Crippen LogP contribution in [0.2, 0.25) is 0 Å². The van der Waals surface area contributed by atoms with Crippen LogP contribution >= 0.6 is 34.2 Å². The van der Waals surface area contributed by atoms with Crippen molar-refractivity contribution < 1.29 is 4.79 Å². The molecular weight excluding hydrogens is 539 g/mol. The van der Waals surface area contributed by atoms with Crippen molar-refractivity contribution in [3.05, 3.63) is 89.0 Å². The second-order valence-electron chi connectivity index (χ2n) is 9.06. The first-order chi connectivity index (χ1) is 16.1. The molecule has 154 valence electrons. The number of ketones is 1. The molecule has 0 heterocycles. The Kier molecular flexibility index (Phi) is 3.43. The number of alkyl halides is 1. The van der Waals surface area contributed by atoms with Crippen molar-refractivity contribution in [3.63, 3.8) is 0 Å².